The van der Waals surface area contributed by atoms with Crippen LogP contribution < -0.4 is 10.5 Å². The van der Waals surface area contributed by atoms with Gasteiger partial charge in [0.05, 0.1) is 17.6 Å². The fourth-order valence-electron chi connectivity index (χ4n) is 1.66. The van der Waals surface area contributed by atoms with Crippen LogP contribution in [0.15, 0.2) is 23.1 Å². The topological polar surface area (TPSA) is 98.5 Å². The molecule has 0 radical (unpaired) electrons. The molecule has 1 rings (SSSR count). The van der Waals surface area contributed by atoms with Crippen molar-refractivity contribution in [3.63, 3.8) is 0 Å². The molecular formula is C13H20N2O4S. The molecule has 0 aromatic heterocycles. The van der Waals surface area contributed by atoms with Crippen molar-refractivity contribution < 1.29 is 17.9 Å². The third-order valence-corrected chi connectivity index (χ3v) is 4.31. The van der Waals surface area contributed by atoms with Gasteiger partial charge in [-0.15, -0.1) is 0 Å². The number of ether oxygens (including phenoxy) is 1. The lowest BCUT2D eigenvalue weighted by atomic mass is 10.1. The van der Waals surface area contributed by atoms with E-state index in [9.17, 15) is 13.2 Å². The van der Waals surface area contributed by atoms with Crippen molar-refractivity contribution in [2.45, 2.75) is 24.7 Å². The predicted octanol–water partition coefficient (Wildman–Crippen LogP) is 0.799. The zero-order valence-corrected chi connectivity index (χ0v) is 12.5. The Morgan fingerprint density at radius 1 is 1.35 bits per heavy atom. The van der Waals surface area contributed by atoms with Crippen LogP contribution in [0.2, 0.25) is 0 Å². The van der Waals surface area contributed by atoms with Gasteiger partial charge in [-0.3, -0.25) is 0 Å². The van der Waals surface area contributed by atoms with Gasteiger partial charge in [0.2, 0.25) is 10.0 Å². The lowest BCUT2D eigenvalue weighted by molar-refractivity contribution is 0.0599. The number of hydrogen-bond acceptors (Lipinski definition) is 5. The Morgan fingerprint density at radius 3 is 2.65 bits per heavy atom. The highest BCUT2D eigenvalue weighted by atomic mass is 32.2. The maximum absolute atomic E-state index is 12.1. The molecule has 0 aliphatic carbocycles. The maximum atomic E-state index is 12.1. The van der Waals surface area contributed by atoms with Gasteiger partial charge in [0, 0.05) is 6.54 Å². The first-order valence-electron chi connectivity index (χ1n) is 6.31. The molecule has 0 saturated carbocycles. The molecule has 0 saturated heterocycles. The van der Waals surface area contributed by atoms with Crippen LogP contribution in [0.3, 0.4) is 0 Å². The lowest BCUT2D eigenvalue weighted by Gasteiger charge is -2.09. The average molecular weight is 300 g/mol. The summed E-state index contributed by atoms with van der Waals surface area (Å²) in [7, 11) is -2.36. The van der Waals surface area contributed by atoms with Gasteiger partial charge in [0.25, 0.3) is 0 Å². The second-order valence-corrected chi connectivity index (χ2v) is 6.13. The third-order valence-electron chi connectivity index (χ3n) is 2.85. The lowest BCUT2D eigenvalue weighted by Crippen LogP contribution is -2.25. The maximum Gasteiger partial charge on any atom is 0.338 e. The van der Waals surface area contributed by atoms with Crippen molar-refractivity contribution in [3.8, 4) is 0 Å². The van der Waals surface area contributed by atoms with Gasteiger partial charge in [0.15, 0.2) is 0 Å². The summed E-state index contributed by atoms with van der Waals surface area (Å²) in [6.07, 6.45) is 1.43. The quantitative estimate of drug-likeness (QED) is 0.573. The number of esters is 1. The molecule has 0 aliphatic heterocycles. The first-order chi connectivity index (χ1) is 9.42. The van der Waals surface area contributed by atoms with Gasteiger partial charge in [-0.25, -0.2) is 17.9 Å². The number of rotatable bonds is 7. The summed E-state index contributed by atoms with van der Waals surface area (Å²) in [6.45, 7) is 2.57. The van der Waals surface area contributed by atoms with E-state index in [4.69, 9.17) is 5.73 Å². The number of hydrogen-bond donors (Lipinski definition) is 2. The summed E-state index contributed by atoms with van der Waals surface area (Å²) in [6, 6.07) is 4.38. The Morgan fingerprint density at radius 2 is 2.05 bits per heavy atom. The number of aryl methyl sites for hydroxylation is 1. The van der Waals surface area contributed by atoms with Crippen molar-refractivity contribution in [3.05, 3.63) is 29.3 Å². The minimum atomic E-state index is -3.62. The Labute approximate surface area is 119 Å². The van der Waals surface area contributed by atoms with Crippen LogP contribution in [0.1, 0.15) is 28.8 Å². The van der Waals surface area contributed by atoms with Crippen molar-refractivity contribution in [2.24, 2.45) is 5.73 Å². The molecule has 1 aromatic carbocycles. The van der Waals surface area contributed by atoms with Gasteiger partial charge >= 0.3 is 5.97 Å². The zero-order chi connectivity index (χ0) is 15.2. The molecule has 0 spiro atoms. The van der Waals surface area contributed by atoms with Crippen LogP contribution in [0, 0.1) is 6.92 Å². The van der Waals surface area contributed by atoms with E-state index in [2.05, 4.69) is 9.46 Å². The van der Waals surface area contributed by atoms with E-state index < -0.39 is 16.0 Å². The van der Waals surface area contributed by atoms with E-state index in [1.807, 2.05) is 0 Å². The third kappa shape index (κ3) is 4.29. The number of unbranched alkanes of at least 4 members (excludes halogenated alkanes) is 1. The minimum absolute atomic E-state index is 0.0521. The summed E-state index contributed by atoms with van der Waals surface area (Å²) in [5.74, 6) is -0.553. The molecule has 1 aromatic rings. The molecule has 0 amide bonds. The van der Waals surface area contributed by atoms with Crippen LogP contribution in [-0.4, -0.2) is 34.6 Å². The second kappa shape index (κ2) is 7.37. The second-order valence-electron chi connectivity index (χ2n) is 4.36. The van der Waals surface area contributed by atoms with Crippen molar-refractivity contribution in [1.29, 1.82) is 0 Å². The van der Waals surface area contributed by atoms with Gasteiger partial charge in [-0.2, -0.15) is 0 Å². The summed E-state index contributed by atoms with van der Waals surface area (Å²) in [4.78, 5) is 11.6. The van der Waals surface area contributed by atoms with Crippen LogP contribution in [0.5, 0.6) is 0 Å². The summed E-state index contributed by atoms with van der Waals surface area (Å²) in [5.41, 5.74) is 6.26. The molecule has 0 atom stereocenters. The molecule has 0 aliphatic rings. The molecule has 20 heavy (non-hydrogen) atoms. The van der Waals surface area contributed by atoms with E-state index in [1.165, 1.54) is 19.2 Å². The highest BCUT2D eigenvalue weighted by molar-refractivity contribution is 7.89. The summed E-state index contributed by atoms with van der Waals surface area (Å²) < 4.78 is 31.3. The predicted molar refractivity (Wildman–Crippen MR) is 76.0 cm³/mol. The SMILES string of the molecule is COC(=O)c1cc(S(=O)(=O)NCCCCN)ccc1C. The largest absolute Gasteiger partial charge is 0.465 e. The van der Waals surface area contributed by atoms with E-state index in [0.717, 1.165) is 6.42 Å². The van der Waals surface area contributed by atoms with E-state index >= 15 is 0 Å². The summed E-state index contributed by atoms with van der Waals surface area (Å²) >= 11 is 0. The van der Waals surface area contributed by atoms with Crippen LogP contribution in [-0.2, 0) is 14.8 Å². The molecule has 6 nitrogen and oxygen atoms in total. The number of methoxy groups -OCH3 is 1. The van der Waals surface area contributed by atoms with Crippen LogP contribution >= 0.6 is 0 Å². The molecule has 112 valence electrons. The number of benzene rings is 1. The fraction of sp³-hybridized carbons (Fsp3) is 0.462. The normalized spacial score (nSPS) is 11.3. The van der Waals surface area contributed by atoms with Crippen LogP contribution in [0.25, 0.3) is 0 Å². The molecule has 0 fully saturated rings. The number of nitrogens with one attached hydrogen (secondary N) is 1. The Bertz CT molecular complexity index is 570. The zero-order valence-electron chi connectivity index (χ0n) is 11.7. The fourth-order valence-corrected chi connectivity index (χ4v) is 2.76. The van der Waals surface area contributed by atoms with Gasteiger partial charge < -0.3 is 10.5 Å². The first-order valence-corrected chi connectivity index (χ1v) is 7.79. The highest BCUT2D eigenvalue weighted by Crippen LogP contribution is 2.16. The molecule has 3 N–H and O–H groups in total. The van der Waals surface area contributed by atoms with Gasteiger partial charge in [-0.1, -0.05) is 6.07 Å². The van der Waals surface area contributed by atoms with E-state index in [0.29, 0.717) is 25.1 Å². The van der Waals surface area contributed by atoms with Crippen molar-refractivity contribution in [1.82, 2.24) is 4.72 Å². The average Bonchev–Trinajstić information content (AvgIpc) is 2.43. The Hall–Kier alpha value is -1.44. The molecular weight excluding hydrogens is 280 g/mol. The number of carbonyl (C=O) groups excluding carboxylic acids is 1. The molecule has 7 heteroatoms. The highest BCUT2D eigenvalue weighted by Gasteiger charge is 2.17. The van der Waals surface area contributed by atoms with E-state index in [-0.39, 0.29) is 10.5 Å². The summed E-state index contributed by atoms with van der Waals surface area (Å²) in [5, 5.41) is 0. The van der Waals surface area contributed by atoms with Gasteiger partial charge in [0.1, 0.15) is 0 Å². The Kier molecular flexibility index (Phi) is 6.12. The minimum Gasteiger partial charge on any atom is -0.465 e. The number of nitrogens with two attached hydrogens (primary N) is 1. The van der Waals surface area contributed by atoms with E-state index in [1.54, 1.807) is 13.0 Å². The number of sulfonamides is 1. The first kappa shape index (κ1) is 16.6. The smallest absolute Gasteiger partial charge is 0.338 e. The number of carbonyl (C=O) groups is 1. The van der Waals surface area contributed by atoms with Crippen molar-refractivity contribution in [2.75, 3.05) is 20.2 Å². The standard InChI is InChI=1S/C13H20N2O4S/c1-10-5-6-11(9-12(10)13(16)19-2)20(17,18)15-8-4-3-7-14/h5-6,9,15H,3-4,7-8,14H2,1-2H3. The van der Waals surface area contributed by atoms with Gasteiger partial charge in [-0.05, 0) is 44.0 Å². The Balaban J connectivity index is 2.93. The monoisotopic (exact) mass is 300 g/mol. The van der Waals surface area contributed by atoms with Crippen molar-refractivity contribution >= 4 is 16.0 Å². The molecule has 0 heterocycles. The molecule has 0 unspecified atom stereocenters. The van der Waals surface area contributed by atoms with Crippen LogP contribution in [0.4, 0.5) is 0 Å². The molecule has 0 bridgehead atoms.